The molecule has 1 amide bonds. The molecule has 160 valence electrons. The van der Waals surface area contributed by atoms with Crippen LogP contribution in [0.15, 0.2) is 10.6 Å². The monoisotopic (exact) mass is 421 g/mol. The third-order valence-electron chi connectivity index (χ3n) is 5.39. The zero-order valence-electron chi connectivity index (χ0n) is 18.1. The number of rotatable bonds is 6. The van der Waals surface area contributed by atoms with Crippen molar-refractivity contribution < 1.29 is 9.32 Å². The van der Waals surface area contributed by atoms with E-state index < -0.39 is 0 Å². The van der Waals surface area contributed by atoms with Gasteiger partial charge >= 0.3 is 0 Å². The SMILES string of the molecule is CCn1nc(-c2cc(C)on2)c(C(=O)NC2CCN(CCC(C)(C)C)CC2)c1Cl. The minimum atomic E-state index is -0.196. The Morgan fingerprint density at radius 1 is 1.34 bits per heavy atom. The maximum atomic E-state index is 13.1. The summed E-state index contributed by atoms with van der Waals surface area (Å²) in [5.74, 6) is 0.467. The molecule has 29 heavy (non-hydrogen) atoms. The standard InChI is InChI=1S/C21H32ClN5O2/c1-6-27-19(22)17(18(24-27)16-13-14(2)29-25-16)20(28)23-15-7-10-26(11-8-15)12-9-21(3,4)5/h13,15H,6-12H2,1-5H3,(H,23,28). The fourth-order valence-electron chi connectivity index (χ4n) is 3.56. The van der Waals surface area contributed by atoms with Crippen LogP contribution in [0.2, 0.25) is 5.15 Å². The molecule has 3 heterocycles. The maximum absolute atomic E-state index is 13.1. The summed E-state index contributed by atoms with van der Waals surface area (Å²) in [6.45, 7) is 14.2. The smallest absolute Gasteiger partial charge is 0.256 e. The Morgan fingerprint density at radius 3 is 2.59 bits per heavy atom. The first kappa shape index (κ1) is 21.8. The number of likely N-dealkylation sites (tertiary alicyclic amines) is 1. The van der Waals surface area contributed by atoms with Crippen LogP contribution in [0.4, 0.5) is 0 Å². The average Bonchev–Trinajstić information content (AvgIpc) is 3.23. The molecule has 2 aromatic rings. The Labute approximate surface area is 177 Å². The van der Waals surface area contributed by atoms with Crippen LogP contribution in [0.25, 0.3) is 11.4 Å². The van der Waals surface area contributed by atoms with E-state index in [2.05, 4.69) is 41.2 Å². The van der Waals surface area contributed by atoms with Crippen molar-refractivity contribution in [2.45, 2.75) is 66.5 Å². The van der Waals surface area contributed by atoms with Crippen molar-refractivity contribution in [2.75, 3.05) is 19.6 Å². The van der Waals surface area contributed by atoms with Crippen molar-refractivity contribution in [3.63, 3.8) is 0 Å². The lowest BCUT2D eigenvalue weighted by Gasteiger charge is -2.34. The predicted molar refractivity (Wildman–Crippen MR) is 114 cm³/mol. The molecule has 0 unspecified atom stereocenters. The first-order chi connectivity index (χ1) is 13.7. The molecule has 1 aliphatic rings. The number of nitrogens with one attached hydrogen (secondary N) is 1. The Bertz CT molecular complexity index is 844. The number of aryl methyl sites for hydroxylation is 2. The van der Waals surface area contributed by atoms with Gasteiger partial charge in [0.1, 0.15) is 27.9 Å². The zero-order valence-corrected chi connectivity index (χ0v) is 18.8. The van der Waals surface area contributed by atoms with E-state index in [1.165, 1.54) is 6.42 Å². The van der Waals surface area contributed by atoms with E-state index in [-0.39, 0.29) is 11.9 Å². The third-order valence-corrected chi connectivity index (χ3v) is 5.77. The molecule has 2 aromatic heterocycles. The first-order valence-electron chi connectivity index (χ1n) is 10.4. The van der Waals surface area contributed by atoms with Gasteiger partial charge in [-0.3, -0.25) is 9.48 Å². The number of hydrogen-bond acceptors (Lipinski definition) is 5. The summed E-state index contributed by atoms with van der Waals surface area (Å²) in [5.41, 5.74) is 1.71. The highest BCUT2D eigenvalue weighted by atomic mass is 35.5. The molecule has 1 aliphatic heterocycles. The van der Waals surface area contributed by atoms with Crippen molar-refractivity contribution in [2.24, 2.45) is 5.41 Å². The van der Waals surface area contributed by atoms with Gasteiger partial charge in [0.25, 0.3) is 5.91 Å². The van der Waals surface area contributed by atoms with E-state index >= 15 is 0 Å². The van der Waals surface area contributed by atoms with Crippen LogP contribution in [0.1, 0.15) is 63.1 Å². The molecule has 0 aromatic carbocycles. The van der Waals surface area contributed by atoms with Crippen LogP contribution in [-0.2, 0) is 6.54 Å². The molecule has 1 saturated heterocycles. The van der Waals surface area contributed by atoms with Gasteiger partial charge in [0.05, 0.1) is 0 Å². The van der Waals surface area contributed by atoms with E-state index in [1.54, 1.807) is 10.7 Å². The van der Waals surface area contributed by atoms with Gasteiger partial charge in [0.15, 0.2) is 0 Å². The minimum Gasteiger partial charge on any atom is -0.361 e. The first-order valence-corrected chi connectivity index (χ1v) is 10.8. The Hall–Kier alpha value is -1.86. The van der Waals surface area contributed by atoms with Gasteiger partial charge in [0, 0.05) is 31.7 Å². The average molecular weight is 422 g/mol. The number of halogens is 1. The lowest BCUT2D eigenvalue weighted by molar-refractivity contribution is 0.0908. The predicted octanol–water partition coefficient (Wildman–Crippen LogP) is 4.15. The Kier molecular flexibility index (Phi) is 6.69. The second kappa shape index (κ2) is 8.88. The van der Waals surface area contributed by atoms with Crippen molar-refractivity contribution >= 4 is 17.5 Å². The minimum absolute atomic E-state index is 0.140. The van der Waals surface area contributed by atoms with Gasteiger partial charge in [-0.2, -0.15) is 5.10 Å². The number of nitrogens with zero attached hydrogens (tertiary/aromatic N) is 4. The van der Waals surface area contributed by atoms with Crippen LogP contribution in [0.3, 0.4) is 0 Å². The summed E-state index contributed by atoms with van der Waals surface area (Å²) in [6.07, 6.45) is 3.05. The summed E-state index contributed by atoms with van der Waals surface area (Å²) in [4.78, 5) is 15.6. The summed E-state index contributed by atoms with van der Waals surface area (Å²) in [7, 11) is 0. The van der Waals surface area contributed by atoms with E-state index in [1.807, 2.05) is 13.8 Å². The normalized spacial score (nSPS) is 16.3. The molecule has 0 aliphatic carbocycles. The molecule has 7 nitrogen and oxygen atoms in total. The van der Waals surface area contributed by atoms with E-state index in [4.69, 9.17) is 16.1 Å². The third kappa shape index (κ3) is 5.39. The van der Waals surface area contributed by atoms with Gasteiger partial charge in [-0.15, -0.1) is 0 Å². The molecule has 0 spiro atoms. The zero-order chi connectivity index (χ0) is 21.2. The second-order valence-corrected chi connectivity index (χ2v) is 9.41. The van der Waals surface area contributed by atoms with Crippen LogP contribution >= 0.6 is 11.6 Å². The second-order valence-electron chi connectivity index (χ2n) is 9.05. The molecule has 1 fully saturated rings. The number of amides is 1. The van der Waals surface area contributed by atoms with Crippen LogP contribution in [-0.4, -0.2) is 51.4 Å². The molecule has 0 saturated carbocycles. The number of aromatic nitrogens is 3. The van der Waals surface area contributed by atoms with Crippen molar-refractivity contribution in [3.8, 4) is 11.4 Å². The van der Waals surface area contributed by atoms with E-state index in [9.17, 15) is 4.79 Å². The molecule has 8 heteroatoms. The van der Waals surface area contributed by atoms with Crippen LogP contribution < -0.4 is 5.32 Å². The number of carbonyl (C=O) groups is 1. The van der Waals surface area contributed by atoms with Crippen LogP contribution in [0, 0.1) is 12.3 Å². The van der Waals surface area contributed by atoms with Gasteiger partial charge in [-0.1, -0.05) is 37.5 Å². The lowest BCUT2D eigenvalue weighted by atomic mass is 9.91. The van der Waals surface area contributed by atoms with Gasteiger partial charge in [-0.05, 0) is 45.1 Å². The summed E-state index contributed by atoms with van der Waals surface area (Å²) < 4.78 is 6.78. The highest BCUT2D eigenvalue weighted by Gasteiger charge is 2.28. The number of carbonyl (C=O) groups excluding carboxylic acids is 1. The van der Waals surface area contributed by atoms with Crippen molar-refractivity contribution in [1.29, 1.82) is 0 Å². The van der Waals surface area contributed by atoms with Crippen molar-refractivity contribution in [3.05, 3.63) is 22.5 Å². The summed E-state index contributed by atoms with van der Waals surface area (Å²) >= 11 is 6.48. The van der Waals surface area contributed by atoms with Gasteiger partial charge in [-0.25, -0.2) is 0 Å². The molecule has 0 bridgehead atoms. The number of piperidine rings is 1. The molecule has 0 atom stereocenters. The van der Waals surface area contributed by atoms with Crippen LogP contribution in [0.5, 0.6) is 0 Å². The van der Waals surface area contributed by atoms with Gasteiger partial charge in [0.2, 0.25) is 0 Å². The van der Waals surface area contributed by atoms with Gasteiger partial charge < -0.3 is 14.7 Å². The summed E-state index contributed by atoms with van der Waals surface area (Å²) in [6, 6.07) is 1.91. The maximum Gasteiger partial charge on any atom is 0.256 e. The molecular formula is C21H32ClN5O2. The molecule has 3 rings (SSSR count). The Balaban J connectivity index is 1.66. The highest BCUT2D eigenvalue weighted by Crippen LogP contribution is 2.29. The fraction of sp³-hybridized carbons (Fsp3) is 0.667. The highest BCUT2D eigenvalue weighted by molar-refractivity contribution is 6.33. The molecule has 1 N–H and O–H groups in total. The van der Waals surface area contributed by atoms with E-state index in [0.717, 1.165) is 32.5 Å². The topological polar surface area (TPSA) is 76.2 Å². The summed E-state index contributed by atoms with van der Waals surface area (Å²) in [5, 5.41) is 12.0. The quantitative estimate of drug-likeness (QED) is 0.758. The Morgan fingerprint density at radius 2 is 2.03 bits per heavy atom. The molecule has 0 radical (unpaired) electrons. The number of hydrogen-bond donors (Lipinski definition) is 1. The van der Waals surface area contributed by atoms with E-state index in [0.29, 0.717) is 39.8 Å². The molecular weight excluding hydrogens is 390 g/mol. The van der Waals surface area contributed by atoms with Crippen molar-refractivity contribution in [1.82, 2.24) is 25.2 Å². The largest absolute Gasteiger partial charge is 0.361 e. The fourth-order valence-corrected chi connectivity index (χ4v) is 3.89. The lowest BCUT2D eigenvalue weighted by Crippen LogP contribution is -2.45.